The Morgan fingerprint density at radius 3 is 2.54 bits per heavy atom. The molecular formula is C9H13N3O. The van der Waals surface area contributed by atoms with Gasteiger partial charge in [0.25, 0.3) is 5.91 Å². The van der Waals surface area contributed by atoms with Gasteiger partial charge in [-0.3, -0.25) is 10.2 Å². The quantitative estimate of drug-likeness (QED) is 0.621. The average Bonchev–Trinajstić information content (AvgIpc) is 2.49. The van der Waals surface area contributed by atoms with Gasteiger partial charge in [0.05, 0.1) is 5.71 Å². The highest BCUT2D eigenvalue weighted by atomic mass is 16.2. The van der Waals surface area contributed by atoms with Crippen LogP contribution < -0.4 is 5.43 Å². The van der Waals surface area contributed by atoms with Crippen molar-refractivity contribution in [2.75, 3.05) is 0 Å². The molecule has 70 valence electrons. The smallest absolute Gasteiger partial charge is 0.291 e. The number of nitrogens with zero attached hydrogens (tertiary/aromatic N) is 1. The number of nitrogens with one attached hydrogen (secondary N) is 2. The maximum absolute atomic E-state index is 11.0. The van der Waals surface area contributed by atoms with E-state index < -0.39 is 0 Å². The summed E-state index contributed by atoms with van der Waals surface area (Å²) in [6.45, 7) is 0. The van der Waals surface area contributed by atoms with Gasteiger partial charge in [-0.25, -0.2) is 5.43 Å². The molecular weight excluding hydrogens is 166 g/mol. The lowest BCUT2D eigenvalue weighted by Gasteiger charge is -2.20. The number of hydrogen-bond donors (Lipinski definition) is 2. The van der Waals surface area contributed by atoms with Crippen LogP contribution in [0.1, 0.15) is 32.1 Å². The summed E-state index contributed by atoms with van der Waals surface area (Å²) in [6.07, 6.45) is 5.83. The highest BCUT2D eigenvalue weighted by Gasteiger charge is 2.30. The highest BCUT2D eigenvalue weighted by molar-refractivity contribution is 6.68. The van der Waals surface area contributed by atoms with Gasteiger partial charge in [0, 0.05) is 5.92 Å². The predicted molar refractivity (Wildman–Crippen MR) is 49.9 cm³/mol. The van der Waals surface area contributed by atoms with Crippen molar-refractivity contribution in [3.63, 3.8) is 0 Å². The second-order valence-corrected chi connectivity index (χ2v) is 3.65. The molecule has 0 saturated heterocycles. The first kappa shape index (κ1) is 8.41. The first-order valence-electron chi connectivity index (χ1n) is 4.76. The fourth-order valence-electron chi connectivity index (χ4n) is 2.01. The van der Waals surface area contributed by atoms with Crippen LogP contribution in [0.2, 0.25) is 0 Å². The van der Waals surface area contributed by atoms with E-state index >= 15 is 0 Å². The SMILES string of the molecule is N=C1C(=O)NN=C1C1CCCCC1. The van der Waals surface area contributed by atoms with E-state index in [9.17, 15) is 4.79 Å². The molecule has 0 aromatic rings. The van der Waals surface area contributed by atoms with Crippen molar-refractivity contribution in [2.45, 2.75) is 32.1 Å². The van der Waals surface area contributed by atoms with Gasteiger partial charge in [-0.1, -0.05) is 19.3 Å². The molecule has 1 aliphatic carbocycles. The van der Waals surface area contributed by atoms with Crippen LogP contribution in [0.15, 0.2) is 5.10 Å². The summed E-state index contributed by atoms with van der Waals surface area (Å²) in [5.41, 5.74) is 3.10. The Hall–Kier alpha value is -1.19. The average molecular weight is 179 g/mol. The van der Waals surface area contributed by atoms with Gasteiger partial charge in [0.1, 0.15) is 5.71 Å². The van der Waals surface area contributed by atoms with Crippen molar-refractivity contribution in [1.82, 2.24) is 5.43 Å². The molecule has 1 heterocycles. The van der Waals surface area contributed by atoms with Crippen LogP contribution >= 0.6 is 0 Å². The van der Waals surface area contributed by atoms with Crippen LogP contribution in [-0.4, -0.2) is 17.3 Å². The Labute approximate surface area is 76.9 Å². The molecule has 0 unspecified atom stereocenters. The number of carbonyl (C=O) groups excluding carboxylic acids is 1. The standard InChI is InChI=1S/C9H13N3O/c10-7-8(11-12-9(7)13)6-4-2-1-3-5-6/h6H,1-5H2,(H2,10,12,13). The van der Waals surface area contributed by atoms with Crippen molar-refractivity contribution in [1.29, 1.82) is 5.41 Å². The predicted octanol–water partition coefficient (Wildman–Crippen LogP) is 1.07. The largest absolute Gasteiger partial charge is 0.294 e. The minimum atomic E-state index is -0.347. The molecule has 0 atom stereocenters. The lowest BCUT2D eigenvalue weighted by atomic mass is 9.84. The molecule has 1 saturated carbocycles. The van der Waals surface area contributed by atoms with Gasteiger partial charge in [-0.15, -0.1) is 0 Å². The summed E-state index contributed by atoms with van der Waals surface area (Å²) in [7, 11) is 0. The van der Waals surface area contributed by atoms with Crippen LogP contribution in [0.3, 0.4) is 0 Å². The number of rotatable bonds is 1. The van der Waals surface area contributed by atoms with Gasteiger partial charge < -0.3 is 0 Å². The van der Waals surface area contributed by atoms with Crippen LogP contribution in [0.4, 0.5) is 0 Å². The van der Waals surface area contributed by atoms with E-state index in [1.807, 2.05) is 0 Å². The molecule has 2 N–H and O–H groups in total. The van der Waals surface area contributed by atoms with Crippen molar-refractivity contribution >= 4 is 17.3 Å². The van der Waals surface area contributed by atoms with E-state index in [0.29, 0.717) is 11.6 Å². The third-order valence-corrected chi connectivity index (χ3v) is 2.75. The Bertz CT molecular complexity index is 277. The van der Waals surface area contributed by atoms with Gasteiger partial charge in [0.15, 0.2) is 0 Å². The fourth-order valence-corrected chi connectivity index (χ4v) is 2.01. The Kier molecular flexibility index (Phi) is 2.12. The van der Waals surface area contributed by atoms with E-state index in [4.69, 9.17) is 5.41 Å². The zero-order chi connectivity index (χ0) is 9.26. The third kappa shape index (κ3) is 1.48. The van der Waals surface area contributed by atoms with Gasteiger partial charge in [-0.05, 0) is 12.8 Å². The van der Waals surface area contributed by atoms with Crippen LogP contribution in [0, 0.1) is 11.3 Å². The molecule has 13 heavy (non-hydrogen) atoms. The van der Waals surface area contributed by atoms with E-state index in [1.165, 1.54) is 19.3 Å². The minimum absolute atomic E-state index is 0.0758. The number of amides is 1. The maximum Gasteiger partial charge on any atom is 0.291 e. The highest BCUT2D eigenvalue weighted by Crippen LogP contribution is 2.26. The Morgan fingerprint density at radius 1 is 1.31 bits per heavy atom. The minimum Gasteiger partial charge on any atom is -0.294 e. The van der Waals surface area contributed by atoms with Crippen molar-refractivity contribution in [3.05, 3.63) is 0 Å². The first-order chi connectivity index (χ1) is 6.29. The summed E-state index contributed by atoms with van der Waals surface area (Å²) in [5, 5.41) is 11.4. The van der Waals surface area contributed by atoms with E-state index in [1.54, 1.807) is 0 Å². The topological polar surface area (TPSA) is 65.3 Å². The normalized spacial score (nSPS) is 24.5. The van der Waals surface area contributed by atoms with Crippen LogP contribution in [0.5, 0.6) is 0 Å². The molecule has 0 aromatic carbocycles. The van der Waals surface area contributed by atoms with Gasteiger partial charge >= 0.3 is 0 Å². The molecule has 2 aliphatic rings. The summed E-state index contributed by atoms with van der Waals surface area (Å²) in [5.74, 6) is 0.000716. The van der Waals surface area contributed by atoms with Crippen molar-refractivity contribution in [3.8, 4) is 0 Å². The maximum atomic E-state index is 11.0. The summed E-state index contributed by atoms with van der Waals surface area (Å²) in [4.78, 5) is 11.0. The van der Waals surface area contributed by atoms with E-state index in [2.05, 4.69) is 10.5 Å². The van der Waals surface area contributed by atoms with Crippen molar-refractivity contribution in [2.24, 2.45) is 11.0 Å². The van der Waals surface area contributed by atoms with E-state index in [-0.39, 0.29) is 11.6 Å². The zero-order valence-electron chi connectivity index (χ0n) is 7.47. The molecule has 4 heteroatoms. The van der Waals surface area contributed by atoms with Gasteiger partial charge in [-0.2, -0.15) is 5.10 Å². The summed E-state index contributed by atoms with van der Waals surface area (Å²) in [6, 6.07) is 0. The lowest BCUT2D eigenvalue weighted by molar-refractivity contribution is -0.114. The molecule has 0 bridgehead atoms. The van der Waals surface area contributed by atoms with Gasteiger partial charge in [0.2, 0.25) is 0 Å². The molecule has 2 rings (SSSR count). The van der Waals surface area contributed by atoms with E-state index in [0.717, 1.165) is 12.8 Å². The third-order valence-electron chi connectivity index (χ3n) is 2.75. The van der Waals surface area contributed by atoms with Crippen LogP contribution in [-0.2, 0) is 4.79 Å². The zero-order valence-corrected chi connectivity index (χ0v) is 7.47. The second kappa shape index (κ2) is 3.28. The monoisotopic (exact) mass is 179 g/mol. The molecule has 0 spiro atoms. The van der Waals surface area contributed by atoms with Crippen LogP contribution in [0.25, 0.3) is 0 Å². The second-order valence-electron chi connectivity index (χ2n) is 3.65. The Balaban J connectivity index is 2.08. The first-order valence-corrected chi connectivity index (χ1v) is 4.76. The summed E-state index contributed by atoms with van der Waals surface area (Å²) >= 11 is 0. The lowest BCUT2D eigenvalue weighted by Crippen LogP contribution is -2.27. The number of hydrogen-bond acceptors (Lipinski definition) is 3. The molecule has 1 fully saturated rings. The molecule has 1 amide bonds. The Morgan fingerprint density at radius 2 is 2.00 bits per heavy atom. The van der Waals surface area contributed by atoms with Crippen molar-refractivity contribution < 1.29 is 4.79 Å². The molecule has 1 aliphatic heterocycles. The number of hydrazone groups is 1. The fraction of sp³-hybridized carbons (Fsp3) is 0.667. The molecule has 0 aromatic heterocycles. The molecule has 4 nitrogen and oxygen atoms in total. The molecule has 0 radical (unpaired) electrons. The summed E-state index contributed by atoms with van der Waals surface area (Å²) < 4.78 is 0. The number of carbonyl (C=O) groups is 1.